The number of benzene rings is 2. The number of nitrogens with one attached hydrogen (secondary N) is 2. The van der Waals surface area contributed by atoms with E-state index in [4.69, 9.17) is 0 Å². The van der Waals surface area contributed by atoms with Crippen molar-refractivity contribution in [3.8, 4) is 0 Å². The van der Waals surface area contributed by atoms with E-state index in [-0.39, 0.29) is 18.0 Å². The van der Waals surface area contributed by atoms with Gasteiger partial charge in [-0.3, -0.25) is 10.1 Å². The van der Waals surface area contributed by atoms with Crippen LogP contribution in [-0.2, 0) is 11.2 Å². The van der Waals surface area contributed by atoms with Gasteiger partial charge in [0.25, 0.3) is 0 Å². The summed E-state index contributed by atoms with van der Waals surface area (Å²) in [6.45, 7) is 1.91. The zero-order chi connectivity index (χ0) is 15.5. The van der Waals surface area contributed by atoms with E-state index < -0.39 is 0 Å². The van der Waals surface area contributed by atoms with E-state index in [9.17, 15) is 4.79 Å². The van der Waals surface area contributed by atoms with Crippen LogP contribution in [0.1, 0.15) is 30.5 Å². The number of hydrogen-bond donors (Lipinski definition) is 2. The van der Waals surface area contributed by atoms with Gasteiger partial charge in [-0.1, -0.05) is 40.2 Å². The third-order valence-corrected chi connectivity index (χ3v) is 4.62. The first-order valence-corrected chi connectivity index (χ1v) is 8.33. The van der Waals surface area contributed by atoms with E-state index in [0.29, 0.717) is 0 Å². The molecule has 3 nitrogen and oxygen atoms in total. The Bertz CT molecular complexity index is 669. The van der Waals surface area contributed by atoms with Crippen LogP contribution in [0.15, 0.2) is 53.0 Å². The van der Waals surface area contributed by atoms with Crippen molar-refractivity contribution in [1.82, 2.24) is 5.32 Å². The van der Waals surface area contributed by atoms with Crippen molar-refractivity contribution in [3.05, 3.63) is 64.1 Å². The van der Waals surface area contributed by atoms with Crippen LogP contribution in [0.3, 0.4) is 0 Å². The van der Waals surface area contributed by atoms with Crippen LogP contribution in [0.25, 0.3) is 0 Å². The fraction of sp³-hybridized carbons (Fsp3) is 0.278. The molecule has 2 aromatic carbocycles. The lowest BCUT2D eigenvalue weighted by Gasteiger charge is -2.20. The zero-order valence-electron chi connectivity index (χ0n) is 12.5. The first-order chi connectivity index (χ1) is 10.6. The maximum absolute atomic E-state index is 12.3. The van der Waals surface area contributed by atoms with Crippen LogP contribution in [-0.4, -0.2) is 11.9 Å². The van der Waals surface area contributed by atoms with Crippen LogP contribution >= 0.6 is 15.9 Å². The third-order valence-electron chi connectivity index (χ3n) is 4.09. The van der Waals surface area contributed by atoms with Crippen LogP contribution in [0, 0.1) is 0 Å². The average molecular weight is 359 g/mol. The molecule has 0 radical (unpaired) electrons. The predicted molar refractivity (Wildman–Crippen MR) is 92.9 cm³/mol. The summed E-state index contributed by atoms with van der Waals surface area (Å²) < 4.78 is 0.999. The Morgan fingerprint density at radius 3 is 2.68 bits per heavy atom. The van der Waals surface area contributed by atoms with Gasteiger partial charge in [-0.2, -0.15) is 0 Å². The molecule has 114 valence electrons. The molecule has 0 aliphatic heterocycles. The molecule has 1 aliphatic rings. The van der Waals surface area contributed by atoms with E-state index in [1.165, 1.54) is 11.1 Å². The molecule has 0 saturated heterocycles. The number of carbonyl (C=O) groups excluding carboxylic acids is 1. The fourth-order valence-electron chi connectivity index (χ4n) is 2.89. The number of anilines is 1. The molecule has 0 heterocycles. The SMILES string of the molecule is C[C@@H](N[C@H]1CCc2ccccc21)C(=O)Nc1ccc(Br)cc1. The highest BCUT2D eigenvalue weighted by atomic mass is 79.9. The highest BCUT2D eigenvalue weighted by Crippen LogP contribution is 2.31. The van der Waals surface area contributed by atoms with Gasteiger partial charge in [0.1, 0.15) is 0 Å². The second kappa shape index (κ2) is 6.63. The lowest BCUT2D eigenvalue weighted by molar-refractivity contribution is -0.118. The van der Waals surface area contributed by atoms with Crippen LogP contribution in [0.5, 0.6) is 0 Å². The molecule has 2 N–H and O–H groups in total. The Hall–Kier alpha value is -1.65. The van der Waals surface area contributed by atoms with Gasteiger partial charge in [0.15, 0.2) is 0 Å². The normalized spacial score (nSPS) is 17.8. The molecule has 4 heteroatoms. The minimum atomic E-state index is -0.236. The van der Waals surface area contributed by atoms with E-state index in [1.54, 1.807) is 0 Å². The molecule has 0 bridgehead atoms. The van der Waals surface area contributed by atoms with Crippen molar-refractivity contribution < 1.29 is 4.79 Å². The summed E-state index contributed by atoms with van der Waals surface area (Å²) in [5.41, 5.74) is 3.53. The largest absolute Gasteiger partial charge is 0.325 e. The van der Waals surface area contributed by atoms with Gasteiger partial charge in [0, 0.05) is 16.2 Å². The number of rotatable bonds is 4. The van der Waals surface area contributed by atoms with E-state index in [2.05, 4.69) is 50.8 Å². The van der Waals surface area contributed by atoms with Crippen LogP contribution < -0.4 is 10.6 Å². The van der Waals surface area contributed by atoms with Gasteiger partial charge in [-0.05, 0) is 55.2 Å². The minimum Gasteiger partial charge on any atom is -0.325 e. The lowest BCUT2D eigenvalue weighted by atomic mass is 10.1. The quantitative estimate of drug-likeness (QED) is 0.865. The average Bonchev–Trinajstić information content (AvgIpc) is 2.93. The molecule has 1 amide bonds. The van der Waals surface area contributed by atoms with Crippen molar-refractivity contribution in [2.45, 2.75) is 31.8 Å². The molecule has 22 heavy (non-hydrogen) atoms. The maximum Gasteiger partial charge on any atom is 0.241 e. The van der Waals surface area contributed by atoms with Crippen molar-refractivity contribution in [3.63, 3.8) is 0 Å². The molecule has 3 rings (SSSR count). The number of carbonyl (C=O) groups is 1. The summed E-state index contributed by atoms with van der Waals surface area (Å²) in [5.74, 6) is -0.00768. The fourth-order valence-corrected chi connectivity index (χ4v) is 3.16. The second-order valence-electron chi connectivity index (χ2n) is 5.67. The van der Waals surface area contributed by atoms with Crippen molar-refractivity contribution >= 4 is 27.5 Å². The molecular formula is C18H19BrN2O. The van der Waals surface area contributed by atoms with Crippen molar-refractivity contribution in [1.29, 1.82) is 0 Å². The standard InChI is InChI=1S/C18H19BrN2O/c1-12(18(22)21-15-9-7-14(19)8-10-15)20-17-11-6-13-4-2-3-5-16(13)17/h2-5,7-10,12,17,20H,6,11H2,1H3,(H,21,22)/t12-,17+/m1/s1. The lowest BCUT2D eigenvalue weighted by Crippen LogP contribution is -2.39. The molecule has 0 fully saturated rings. The smallest absolute Gasteiger partial charge is 0.241 e. The maximum atomic E-state index is 12.3. The van der Waals surface area contributed by atoms with Gasteiger partial charge in [-0.15, -0.1) is 0 Å². The van der Waals surface area contributed by atoms with Crippen LogP contribution in [0.4, 0.5) is 5.69 Å². The molecule has 0 aromatic heterocycles. The van der Waals surface area contributed by atoms with Gasteiger partial charge in [-0.25, -0.2) is 0 Å². The van der Waals surface area contributed by atoms with Gasteiger partial charge in [0.2, 0.25) is 5.91 Å². The summed E-state index contributed by atoms with van der Waals surface area (Å²) in [6, 6.07) is 16.1. The summed E-state index contributed by atoms with van der Waals surface area (Å²) in [5, 5.41) is 6.39. The Morgan fingerprint density at radius 2 is 1.91 bits per heavy atom. The second-order valence-corrected chi connectivity index (χ2v) is 6.59. The van der Waals surface area contributed by atoms with Crippen LogP contribution in [0.2, 0.25) is 0 Å². The monoisotopic (exact) mass is 358 g/mol. The van der Waals surface area contributed by atoms with Crippen molar-refractivity contribution in [2.75, 3.05) is 5.32 Å². The molecule has 2 atom stereocenters. The summed E-state index contributed by atoms with van der Waals surface area (Å²) in [7, 11) is 0. The molecule has 1 aliphatic carbocycles. The molecule has 0 saturated carbocycles. The van der Waals surface area contributed by atoms with E-state index >= 15 is 0 Å². The van der Waals surface area contributed by atoms with E-state index in [0.717, 1.165) is 23.0 Å². The predicted octanol–water partition coefficient (Wildman–Crippen LogP) is 4.05. The Kier molecular flexibility index (Phi) is 4.60. The Labute approximate surface area is 139 Å². The zero-order valence-corrected chi connectivity index (χ0v) is 14.1. The number of fused-ring (bicyclic) bond motifs is 1. The number of hydrogen-bond acceptors (Lipinski definition) is 2. The Morgan fingerprint density at radius 1 is 1.18 bits per heavy atom. The number of amides is 1. The third kappa shape index (κ3) is 3.39. The highest BCUT2D eigenvalue weighted by molar-refractivity contribution is 9.10. The summed E-state index contributed by atoms with van der Waals surface area (Å²) >= 11 is 3.39. The molecule has 0 unspecified atom stereocenters. The Balaban J connectivity index is 1.61. The van der Waals surface area contributed by atoms with Gasteiger partial charge >= 0.3 is 0 Å². The first kappa shape index (κ1) is 15.3. The molecule has 0 spiro atoms. The molecular weight excluding hydrogens is 340 g/mol. The molecule has 2 aromatic rings. The van der Waals surface area contributed by atoms with E-state index in [1.807, 2.05) is 31.2 Å². The number of aryl methyl sites for hydroxylation is 1. The van der Waals surface area contributed by atoms with Gasteiger partial charge < -0.3 is 5.32 Å². The highest BCUT2D eigenvalue weighted by Gasteiger charge is 2.25. The first-order valence-electron chi connectivity index (χ1n) is 7.54. The number of halogens is 1. The topological polar surface area (TPSA) is 41.1 Å². The van der Waals surface area contributed by atoms with Crippen molar-refractivity contribution in [2.24, 2.45) is 0 Å². The summed E-state index contributed by atoms with van der Waals surface area (Å²) in [6.07, 6.45) is 2.13. The summed E-state index contributed by atoms with van der Waals surface area (Å²) in [4.78, 5) is 12.3. The minimum absolute atomic E-state index is 0.00768. The van der Waals surface area contributed by atoms with Gasteiger partial charge in [0.05, 0.1) is 6.04 Å².